The van der Waals surface area contributed by atoms with E-state index < -0.39 is 30.1 Å². The van der Waals surface area contributed by atoms with Crippen molar-refractivity contribution < 1.29 is 23.1 Å². The molecule has 0 fully saturated rings. The number of hydrogen-bond acceptors (Lipinski definition) is 4. The molecule has 0 aliphatic rings. The maximum absolute atomic E-state index is 13.9. The number of aryl methyl sites for hydroxylation is 1. The Balaban J connectivity index is 2.09. The Morgan fingerprint density at radius 3 is 2.54 bits per heavy atom. The van der Waals surface area contributed by atoms with Gasteiger partial charge in [-0.05, 0) is 36.8 Å². The lowest BCUT2D eigenvalue weighted by atomic mass is 10.1. The van der Waals surface area contributed by atoms with E-state index in [1.807, 2.05) is 6.07 Å². The van der Waals surface area contributed by atoms with Crippen LogP contribution >= 0.6 is 0 Å². The second-order valence-electron chi connectivity index (χ2n) is 5.44. The Labute approximate surface area is 149 Å². The van der Waals surface area contributed by atoms with Gasteiger partial charge < -0.3 is 9.64 Å². The minimum absolute atomic E-state index is 0.00909. The lowest BCUT2D eigenvalue weighted by Crippen LogP contribution is -2.36. The van der Waals surface area contributed by atoms with Gasteiger partial charge in [-0.15, -0.1) is 0 Å². The monoisotopic (exact) mass is 358 g/mol. The molecule has 1 amide bonds. The van der Waals surface area contributed by atoms with Crippen molar-refractivity contribution in [1.29, 1.82) is 5.26 Å². The predicted molar refractivity (Wildman–Crippen MR) is 90.4 cm³/mol. The van der Waals surface area contributed by atoms with Crippen LogP contribution in [-0.2, 0) is 9.53 Å². The zero-order valence-corrected chi connectivity index (χ0v) is 14.0. The minimum Gasteiger partial charge on any atom is -0.452 e. The first kappa shape index (κ1) is 19.1. The first-order valence-electron chi connectivity index (χ1n) is 7.79. The Morgan fingerprint density at radius 1 is 1.15 bits per heavy atom. The average Bonchev–Trinajstić information content (AvgIpc) is 2.63. The van der Waals surface area contributed by atoms with E-state index in [0.717, 1.165) is 11.0 Å². The van der Waals surface area contributed by atoms with Crippen LogP contribution in [0.4, 0.5) is 14.5 Å². The Bertz CT molecular complexity index is 862. The van der Waals surface area contributed by atoms with Gasteiger partial charge in [-0.25, -0.2) is 13.6 Å². The van der Waals surface area contributed by atoms with E-state index in [4.69, 9.17) is 10.00 Å². The number of anilines is 1. The molecule has 0 spiro atoms. The van der Waals surface area contributed by atoms with Gasteiger partial charge in [0, 0.05) is 6.54 Å². The number of halogens is 2. The third kappa shape index (κ3) is 4.63. The first-order valence-corrected chi connectivity index (χ1v) is 7.79. The minimum atomic E-state index is -0.869. The normalized spacial score (nSPS) is 10.1. The number of ether oxygens (including phenoxy) is 1. The van der Waals surface area contributed by atoms with Crippen LogP contribution < -0.4 is 4.90 Å². The lowest BCUT2D eigenvalue weighted by Gasteiger charge is -2.22. The molecule has 0 saturated heterocycles. The first-order chi connectivity index (χ1) is 12.4. The maximum atomic E-state index is 13.9. The van der Waals surface area contributed by atoms with Crippen molar-refractivity contribution in [1.82, 2.24) is 0 Å². The summed E-state index contributed by atoms with van der Waals surface area (Å²) in [6.45, 7) is 0.844. The van der Waals surface area contributed by atoms with Gasteiger partial charge in [0.15, 0.2) is 6.61 Å². The van der Waals surface area contributed by atoms with Crippen LogP contribution in [0.3, 0.4) is 0 Å². The van der Waals surface area contributed by atoms with Gasteiger partial charge in [0.2, 0.25) is 0 Å². The van der Waals surface area contributed by atoms with Gasteiger partial charge in [0.05, 0.1) is 23.7 Å². The standard InChI is InChI=1S/C19H16F2N2O3/c1-13-7-8-14(11-16(13)21)19(25)26-12-18(24)23(10-4-9-22)17-6-3-2-5-15(17)20/h2-3,5-8,11H,4,10,12H2,1H3. The van der Waals surface area contributed by atoms with E-state index in [0.29, 0.717) is 5.56 Å². The van der Waals surface area contributed by atoms with Crippen LogP contribution in [-0.4, -0.2) is 25.0 Å². The molecule has 0 N–H and O–H groups in total. The number of esters is 1. The number of nitrogens with zero attached hydrogens (tertiary/aromatic N) is 2. The summed E-state index contributed by atoms with van der Waals surface area (Å²) in [6, 6.07) is 11.3. The van der Waals surface area contributed by atoms with Gasteiger partial charge in [-0.2, -0.15) is 5.26 Å². The third-order valence-corrected chi connectivity index (χ3v) is 3.63. The van der Waals surface area contributed by atoms with E-state index in [1.165, 1.54) is 30.3 Å². The fourth-order valence-electron chi connectivity index (χ4n) is 2.22. The van der Waals surface area contributed by atoms with Crippen molar-refractivity contribution in [3.63, 3.8) is 0 Å². The van der Waals surface area contributed by atoms with E-state index in [9.17, 15) is 18.4 Å². The molecule has 26 heavy (non-hydrogen) atoms. The van der Waals surface area contributed by atoms with Gasteiger partial charge in [0.1, 0.15) is 11.6 Å². The number of carbonyl (C=O) groups is 2. The topological polar surface area (TPSA) is 70.4 Å². The smallest absolute Gasteiger partial charge is 0.338 e. The van der Waals surface area contributed by atoms with Gasteiger partial charge in [0.25, 0.3) is 5.91 Å². The molecule has 0 unspecified atom stereocenters. The number of rotatable bonds is 6. The third-order valence-electron chi connectivity index (χ3n) is 3.63. The van der Waals surface area contributed by atoms with E-state index in [2.05, 4.69) is 0 Å². The van der Waals surface area contributed by atoms with Crippen LogP contribution in [0.15, 0.2) is 42.5 Å². The summed E-state index contributed by atoms with van der Waals surface area (Å²) in [4.78, 5) is 25.4. The highest BCUT2D eigenvalue weighted by Crippen LogP contribution is 2.19. The molecule has 0 heterocycles. The number of benzene rings is 2. The van der Waals surface area contributed by atoms with Crippen LogP contribution in [0.5, 0.6) is 0 Å². The lowest BCUT2D eigenvalue weighted by molar-refractivity contribution is -0.121. The molecule has 0 aliphatic carbocycles. The van der Waals surface area contributed by atoms with Gasteiger partial charge in [-0.3, -0.25) is 4.79 Å². The van der Waals surface area contributed by atoms with E-state index >= 15 is 0 Å². The van der Waals surface area contributed by atoms with Crippen molar-refractivity contribution >= 4 is 17.6 Å². The number of para-hydroxylation sites is 1. The fourth-order valence-corrected chi connectivity index (χ4v) is 2.22. The molecule has 5 nitrogen and oxygen atoms in total. The zero-order chi connectivity index (χ0) is 19.1. The van der Waals surface area contributed by atoms with Crippen LogP contribution in [0.2, 0.25) is 0 Å². The highest BCUT2D eigenvalue weighted by Gasteiger charge is 2.20. The molecule has 0 atom stereocenters. The molecular weight excluding hydrogens is 342 g/mol. The van der Waals surface area contributed by atoms with Crippen molar-refractivity contribution in [2.75, 3.05) is 18.1 Å². The number of carbonyl (C=O) groups excluding carboxylic acids is 2. The summed E-state index contributed by atoms with van der Waals surface area (Å²) in [5, 5.41) is 8.73. The van der Waals surface area contributed by atoms with Crippen molar-refractivity contribution in [3.05, 3.63) is 65.2 Å². The second kappa shape index (κ2) is 8.72. The van der Waals surface area contributed by atoms with Crippen LogP contribution in [0.25, 0.3) is 0 Å². The summed E-state index contributed by atoms with van der Waals surface area (Å²) >= 11 is 0. The largest absolute Gasteiger partial charge is 0.452 e. The Hall–Kier alpha value is -3.27. The highest BCUT2D eigenvalue weighted by molar-refractivity contribution is 5.97. The Morgan fingerprint density at radius 2 is 1.88 bits per heavy atom. The molecule has 2 aromatic carbocycles. The maximum Gasteiger partial charge on any atom is 0.338 e. The van der Waals surface area contributed by atoms with Crippen molar-refractivity contribution in [2.24, 2.45) is 0 Å². The summed E-state index contributed by atoms with van der Waals surface area (Å²) < 4.78 is 32.4. The summed E-state index contributed by atoms with van der Waals surface area (Å²) in [6.07, 6.45) is -0.0167. The van der Waals surface area contributed by atoms with E-state index in [1.54, 1.807) is 13.0 Å². The summed E-state index contributed by atoms with van der Waals surface area (Å²) in [5.74, 6) is -2.75. The van der Waals surface area contributed by atoms with E-state index in [-0.39, 0.29) is 24.2 Å². The predicted octanol–water partition coefficient (Wildman–Crippen LogP) is 3.38. The molecule has 0 aromatic heterocycles. The number of hydrogen-bond donors (Lipinski definition) is 0. The number of amides is 1. The van der Waals surface area contributed by atoms with Crippen LogP contribution in [0.1, 0.15) is 22.3 Å². The second-order valence-corrected chi connectivity index (χ2v) is 5.44. The molecular formula is C19H16F2N2O3. The summed E-state index contributed by atoms with van der Waals surface area (Å²) in [5.41, 5.74) is 0.334. The SMILES string of the molecule is Cc1ccc(C(=O)OCC(=O)N(CCC#N)c2ccccc2F)cc1F. The highest BCUT2D eigenvalue weighted by atomic mass is 19.1. The molecule has 7 heteroatoms. The molecule has 2 aromatic rings. The zero-order valence-electron chi connectivity index (χ0n) is 14.0. The summed E-state index contributed by atoms with van der Waals surface area (Å²) in [7, 11) is 0. The molecule has 2 rings (SSSR count). The fraction of sp³-hybridized carbons (Fsp3) is 0.211. The van der Waals surface area contributed by atoms with Gasteiger partial charge >= 0.3 is 5.97 Å². The van der Waals surface area contributed by atoms with Crippen LogP contribution in [0, 0.1) is 29.9 Å². The average molecular weight is 358 g/mol. The molecule has 0 radical (unpaired) electrons. The van der Waals surface area contributed by atoms with Crippen molar-refractivity contribution in [2.45, 2.75) is 13.3 Å². The van der Waals surface area contributed by atoms with Crippen molar-refractivity contribution in [3.8, 4) is 6.07 Å². The molecule has 0 bridgehead atoms. The van der Waals surface area contributed by atoms with Gasteiger partial charge in [-0.1, -0.05) is 18.2 Å². The number of nitriles is 1. The Kier molecular flexibility index (Phi) is 6.39. The molecule has 134 valence electrons. The molecule has 0 aliphatic heterocycles. The quantitative estimate of drug-likeness (QED) is 0.742. The molecule has 0 saturated carbocycles.